The fourth-order valence-electron chi connectivity index (χ4n) is 2.09. The number of rotatable bonds is 5. The molecule has 3 nitrogen and oxygen atoms in total. The van der Waals surface area contributed by atoms with Crippen molar-refractivity contribution in [2.24, 2.45) is 0 Å². The maximum atomic E-state index is 5.96. The summed E-state index contributed by atoms with van der Waals surface area (Å²) in [6, 6.07) is 11.3. The molecule has 1 aromatic carbocycles. The van der Waals surface area contributed by atoms with Gasteiger partial charge in [0.15, 0.2) is 0 Å². The van der Waals surface area contributed by atoms with E-state index < -0.39 is 0 Å². The average molecular weight is 262 g/mol. The summed E-state index contributed by atoms with van der Waals surface area (Å²) in [6.45, 7) is 0.896. The molecule has 1 atom stereocenters. The van der Waals surface area contributed by atoms with Gasteiger partial charge in [-0.2, -0.15) is 5.10 Å². The fraction of sp³-hybridized carbons (Fsp3) is 0.357. The largest absolute Gasteiger partial charge is 0.312 e. The Balaban J connectivity index is 1.82. The molecule has 0 aliphatic heterocycles. The van der Waals surface area contributed by atoms with Gasteiger partial charge in [-0.3, -0.25) is 4.68 Å². The first-order chi connectivity index (χ1) is 8.83. The topological polar surface area (TPSA) is 29.9 Å². The molecule has 1 aliphatic rings. The van der Waals surface area contributed by atoms with E-state index in [4.69, 9.17) is 11.6 Å². The monoisotopic (exact) mass is 261 g/mol. The van der Waals surface area contributed by atoms with Crippen LogP contribution >= 0.6 is 11.6 Å². The standard InChI is InChI=1S/C14H16ClN3/c15-12-8-17-18(10-12)14(9-16-13-6-7-13)11-4-2-1-3-5-11/h1-5,8,10,13-14,16H,6-7,9H2. The van der Waals surface area contributed by atoms with Crippen LogP contribution in [0.15, 0.2) is 42.7 Å². The highest BCUT2D eigenvalue weighted by atomic mass is 35.5. The second kappa shape index (κ2) is 5.12. The smallest absolute Gasteiger partial charge is 0.0893 e. The molecule has 1 unspecified atom stereocenters. The molecule has 3 rings (SSSR count). The summed E-state index contributed by atoms with van der Waals surface area (Å²) in [5, 5.41) is 8.58. The van der Waals surface area contributed by atoms with Crippen LogP contribution in [-0.2, 0) is 0 Å². The minimum Gasteiger partial charge on any atom is -0.312 e. The zero-order valence-electron chi connectivity index (χ0n) is 10.1. The Morgan fingerprint density at radius 1 is 1.33 bits per heavy atom. The highest BCUT2D eigenvalue weighted by molar-refractivity contribution is 6.30. The van der Waals surface area contributed by atoms with E-state index in [1.807, 2.05) is 16.9 Å². The van der Waals surface area contributed by atoms with Gasteiger partial charge in [-0.25, -0.2) is 0 Å². The lowest BCUT2D eigenvalue weighted by Crippen LogP contribution is -2.28. The van der Waals surface area contributed by atoms with E-state index in [0.29, 0.717) is 11.1 Å². The second-order valence-electron chi connectivity index (χ2n) is 4.75. The van der Waals surface area contributed by atoms with Crippen molar-refractivity contribution in [2.45, 2.75) is 24.9 Å². The first kappa shape index (κ1) is 11.8. The summed E-state index contributed by atoms with van der Waals surface area (Å²) in [5.74, 6) is 0. The van der Waals surface area contributed by atoms with Gasteiger partial charge in [-0.15, -0.1) is 0 Å². The normalized spacial score (nSPS) is 16.7. The van der Waals surface area contributed by atoms with Crippen LogP contribution in [0, 0.1) is 0 Å². The SMILES string of the molecule is Clc1cnn(C(CNC2CC2)c2ccccc2)c1. The summed E-state index contributed by atoms with van der Waals surface area (Å²) >= 11 is 5.96. The molecular weight excluding hydrogens is 246 g/mol. The number of benzene rings is 1. The van der Waals surface area contributed by atoms with Gasteiger partial charge >= 0.3 is 0 Å². The molecule has 0 amide bonds. The first-order valence-corrected chi connectivity index (χ1v) is 6.69. The lowest BCUT2D eigenvalue weighted by molar-refractivity contribution is 0.479. The van der Waals surface area contributed by atoms with E-state index in [1.54, 1.807) is 6.20 Å². The number of halogens is 1. The Labute approximate surface area is 112 Å². The number of hydrogen-bond acceptors (Lipinski definition) is 2. The number of nitrogens with one attached hydrogen (secondary N) is 1. The van der Waals surface area contributed by atoms with Crippen LogP contribution < -0.4 is 5.32 Å². The fourth-order valence-corrected chi connectivity index (χ4v) is 2.23. The van der Waals surface area contributed by atoms with Gasteiger partial charge in [-0.05, 0) is 18.4 Å². The molecule has 2 aromatic rings. The van der Waals surface area contributed by atoms with Gasteiger partial charge in [-0.1, -0.05) is 41.9 Å². The Morgan fingerprint density at radius 3 is 2.72 bits per heavy atom. The first-order valence-electron chi connectivity index (χ1n) is 6.31. The molecule has 1 saturated carbocycles. The third-order valence-corrected chi connectivity index (χ3v) is 3.45. The third kappa shape index (κ3) is 2.74. The Hall–Kier alpha value is -1.32. The summed E-state index contributed by atoms with van der Waals surface area (Å²) in [4.78, 5) is 0. The van der Waals surface area contributed by atoms with Crippen molar-refractivity contribution < 1.29 is 0 Å². The molecule has 0 radical (unpaired) electrons. The molecule has 1 aromatic heterocycles. The van der Waals surface area contributed by atoms with Gasteiger partial charge in [0.05, 0.1) is 17.3 Å². The molecule has 94 valence electrons. The van der Waals surface area contributed by atoms with Crippen molar-refractivity contribution in [3.8, 4) is 0 Å². The van der Waals surface area contributed by atoms with Crippen molar-refractivity contribution in [1.82, 2.24) is 15.1 Å². The molecule has 0 saturated heterocycles. The zero-order valence-corrected chi connectivity index (χ0v) is 10.8. The van der Waals surface area contributed by atoms with E-state index in [2.05, 4.69) is 34.7 Å². The quantitative estimate of drug-likeness (QED) is 0.897. The predicted octanol–water partition coefficient (Wildman–Crippen LogP) is 2.88. The van der Waals surface area contributed by atoms with Gasteiger partial charge < -0.3 is 5.32 Å². The molecule has 1 aliphatic carbocycles. The second-order valence-corrected chi connectivity index (χ2v) is 5.18. The predicted molar refractivity (Wildman–Crippen MR) is 72.8 cm³/mol. The van der Waals surface area contributed by atoms with E-state index in [9.17, 15) is 0 Å². The maximum absolute atomic E-state index is 5.96. The van der Waals surface area contributed by atoms with Gasteiger partial charge in [0, 0.05) is 18.8 Å². The van der Waals surface area contributed by atoms with Gasteiger partial charge in [0.25, 0.3) is 0 Å². The van der Waals surface area contributed by atoms with Crippen LogP contribution in [0.2, 0.25) is 5.02 Å². The number of nitrogens with zero attached hydrogens (tertiary/aromatic N) is 2. The summed E-state index contributed by atoms with van der Waals surface area (Å²) < 4.78 is 1.94. The lowest BCUT2D eigenvalue weighted by Gasteiger charge is -2.18. The zero-order chi connectivity index (χ0) is 12.4. The molecule has 0 bridgehead atoms. The van der Waals surface area contributed by atoms with Crippen molar-refractivity contribution in [2.75, 3.05) is 6.54 Å². The summed E-state index contributed by atoms with van der Waals surface area (Å²) in [6.07, 6.45) is 6.16. The maximum Gasteiger partial charge on any atom is 0.0893 e. The van der Waals surface area contributed by atoms with Gasteiger partial charge in [0.2, 0.25) is 0 Å². The van der Waals surface area contributed by atoms with E-state index in [1.165, 1.54) is 18.4 Å². The summed E-state index contributed by atoms with van der Waals surface area (Å²) in [5.41, 5.74) is 1.26. The minimum atomic E-state index is 0.208. The minimum absolute atomic E-state index is 0.208. The van der Waals surface area contributed by atoms with Crippen molar-refractivity contribution in [1.29, 1.82) is 0 Å². The molecule has 4 heteroatoms. The molecule has 1 heterocycles. The highest BCUT2D eigenvalue weighted by Gasteiger charge is 2.23. The van der Waals surface area contributed by atoms with Crippen LogP contribution in [0.1, 0.15) is 24.4 Å². The average Bonchev–Trinajstić information content (AvgIpc) is 3.13. The van der Waals surface area contributed by atoms with Crippen LogP contribution in [0.5, 0.6) is 0 Å². The molecule has 1 fully saturated rings. The Kier molecular flexibility index (Phi) is 3.35. The molecule has 1 N–H and O–H groups in total. The number of aromatic nitrogens is 2. The van der Waals surface area contributed by atoms with Crippen molar-refractivity contribution >= 4 is 11.6 Å². The lowest BCUT2D eigenvalue weighted by atomic mass is 10.1. The van der Waals surface area contributed by atoms with Gasteiger partial charge in [0.1, 0.15) is 0 Å². The third-order valence-electron chi connectivity index (χ3n) is 3.25. The van der Waals surface area contributed by atoms with Crippen LogP contribution in [-0.4, -0.2) is 22.4 Å². The van der Waals surface area contributed by atoms with E-state index in [-0.39, 0.29) is 6.04 Å². The molecule has 18 heavy (non-hydrogen) atoms. The number of hydrogen-bond donors (Lipinski definition) is 1. The van der Waals surface area contributed by atoms with Crippen LogP contribution in [0.3, 0.4) is 0 Å². The van der Waals surface area contributed by atoms with Crippen molar-refractivity contribution in [3.05, 3.63) is 53.3 Å². The highest BCUT2D eigenvalue weighted by Crippen LogP contribution is 2.23. The van der Waals surface area contributed by atoms with Crippen LogP contribution in [0.4, 0.5) is 0 Å². The molecule has 0 spiro atoms. The van der Waals surface area contributed by atoms with Crippen LogP contribution in [0.25, 0.3) is 0 Å². The Morgan fingerprint density at radius 2 is 2.11 bits per heavy atom. The summed E-state index contributed by atoms with van der Waals surface area (Å²) in [7, 11) is 0. The van der Waals surface area contributed by atoms with E-state index >= 15 is 0 Å². The Bertz CT molecular complexity index is 505. The van der Waals surface area contributed by atoms with Crippen molar-refractivity contribution in [3.63, 3.8) is 0 Å². The molecular formula is C14H16ClN3. The van der Waals surface area contributed by atoms with E-state index in [0.717, 1.165) is 6.54 Å².